The van der Waals surface area contributed by atoms with Gasteiger partial charge in [-0.25, -0.2) is 4.98 Å². The number of carbonyl (C=O) groups is 2. The molecule has 0 saturated heterocycles. The molecule has 2 atom stereocenters. The molecule has 1 amide bonds. The summed E-state index contributed by atoms with van der Waals surface area (Å²) >= 11 is 1.52. The van der Waals surface area contributed by atoms with Crippen molar-refractivity contribution in [1.29, 1.82) is 0 Å². The molecule has 1 aromatic rings. The Balaban J connectivity index is 1.84. The minimum atomic E-state index is -0.784. The van der Waals surface area contributed by atoms with Crippen LogP contribution in [0.5, 0.6) is 0 Å². The van der Waals surface area contributed by atoms with Crippen LogP contribution in [0, 0.1) is 18.8 Å². The molecule has 104 valence electrons. The topological polar surface area (TPSA) is 79.3 Å². The quantitative estimate of drug-likeness (QED) is 0.884. The van der Waals surface area contributed by atoms with Gasteiger partial charge in [0.1, 0.15) is 5.01 Å². The van der Waals surface area contributed by atoms with Crippen LogP contribution in [0.1, 0.15) is 36.4 Å². The fourth-order valence-electron chi connectivity index (χ4n) is 2.44. The van der Waals surface area contributed by atoms with E-state index in [1.54, 1.807) is 0 Å². The Morgan fingerprint density at radius 1 is 1.47 bits per heavy atom. The molecule has 2 N–H and O–H groups in total. The second kappa shape index (κ2) is 6.14. The number of aliphatic carboxylic acids is 1. The van der Waals surface area contributed by atoms with Crippen molar-refractivity contribution < 1.29 is 14.7 Å². The van der Waals surface area contributed by atoms with Crippen molar-refractivity contribution in [1.82, 2.24) is 10.3 Å². The normalized spacial score (nSPS) is 23.0. The standard InChI is InChI=1S/C13H18N2O3S/c1-8-7-19-11(15-8)6-14-12(16)9-3-2-4-10(5-9)13(17)18/h7,9-10H,2-6H2,1H3,(H,14,16)(H,17,18)/t9-,10+/m0/s1. The van der Waals surface area contributed by atoms with Gasteiger partial charge in [0, 0.05) is 17.0 Å². The second-order valence-corrected chi connectivity index (χ2v) is 5.94. The van der Waals surface area contributed by atoms with Gasteiger partial charge in [-0.15, -0.1) is 11.3 Å². The molecule has 1 heterocycles. The van der Waals surface area contributed by atoms with Crippen LogP contribution in [0.2, 0.25) is 0 Å². The predicted octanol–water partition coefficient (Wildman–Crippen LogP) is 1.96. The highest BCUT2D eigenvalue weighted by Crippen LogP contribution is 2.29. The summed E-state index contributed by atoms with van der Waals surface area (Å²) in [7, 11) is 0. The number of nitrogens with one attached hydrogen (secondary N) is 1. The molecule has 2 rings (SSSR count). The zero-order chi connectivity index (χ0) is 13.8. The predicted molar refractivity (Wildman–Crippen MR) is 71.8 cm³/mol. The van der Waals surface area contributed by atoms with Gasteiger partial charge in [0.25, 0.3) is 0 Å². The number of thiazole rings is 1. The van der Waals surface area contributed by atoms with E-state index in [0.717, 1.165) is 23.5 Å². The number of amides is 1. The largest absolute Gasteiger partial charge is 0.481 e. The van der Waals surface area contributed by atoms with Gasteiger partial charge in [0.2, 0.25) is 5.91 Å². The highest BCUT2D eigenvalue weighted by atomic mass is 32.1. The number of hydrogen-bond acceptors (Lipinski definition) is 4. The Labute approximate surface area is 116 Å². The minimum Gasteiger partial charge on any atom is -0.481 e. The lowest BCUT2D eigenvalue weighted by Crippen LogP contribution is -2.35. The molecule has 1 fully saturated rings. The molecule has 0 aliphatic heterocycles. The average Bonchev–Trinajstić information content (AvgIpc) is 2.82. The molecule has 1 aliphatic rings. The van der Waals surface area contributed by atoms with Crippen LogP contribution >= 0.6 is 11.3 Å². The van der Waals surface area contributed by atoms with Crippen molar-refractivity contribution in [2.45, 2.75) is 39.2 Å². The maximum absolute atomic E-state index is 12.0. The lowest BCUT2D eigenvalue weighted by atomic mass is 9.81. The maximum Gasteiger partial charge on any atom is 0.306 e. The van der Waals surface area contributed by atoms with E-state index in [1.807, 2.05) is 12.3 Å². The Hall–Kier alpha value is -1.43. The van der Waals surface area contributed by atoms with Crippen LogP contribution in [0.15, 0.2) is 5.38 Å². The van der Waals surface area contributed by atoms with E-state index in [9.17, 15) is 9.59 Å². The zero-order valence-electron chi connectivity index (χ0n) is 10.9. The highest BCUT2D eigenvalue weighted by molar-refractivity contribution is 7.09. The molecule has 19 heavy (non-hydrogen) atoms. The van der Waals surface area contributed by atoms with Gasteiger partial charge >= 0.3 is 5.97 Å². The van der Waals surface area contributed by atoms with Crippen LogP contribution in [0.25, 0.3) is 0 Å². The molecule has 0 aromatic carbocycles. The number of rotatable bonds is 4. The summed E-state index contributed by atoms with van der Waals surface area (Å²) in [6.45, 7) is 2.35. The van der Waals surface area contributed by atoms with E-state index in [-0.39, 0.29) is 17.7 Å². The third-order valence-corrected chi connectivity index (χ3v) is 4.44. The van der Waals surface area contributed by atoms with E-state index in [0.29, 0.717) is 19.4 Å². The SMILES string of the molecule is Cc1csc(CNC(=O)[C@H]2CCC[C@@H](C(=O)O)C2)n1. The van der Waals surface area contributed by atoms with Crippen molar-refractivity contribution >= 4 is 23.2 Å². The molecule has 6 heteroatoms. The van der Waals surface area contributed by atoms with Crippen molar-refractivity contribution in [3.8, 4) is 0 Å². The highest BCUT2D eigenvalue weighted by Gasteiger charge is 2.30. The Kier molecular flexibility index (Phi) is 4.52. The fraction of sp³-hybridized carbons (Fsp3) is 0.615. The molecule has 1 aromatic heterocycles. The van der Waals surface area contributed by atoms with Gasteiger partial charge in [0.05, 0.1) is 12.5 Å². The van der Waals surface area contributed by atoms with Gasteiger partial charge in [-0.3, -0.25) is 9.59 Å². The van der Waals surface area contributed by atoms with Gasteiger partial charge in [-0.2, -0.15) is 0 Å². The lowest BCUT2D eigenvalue weighted by molar-refractivity contribution is -0.144. The summed E-state index contributed by atoms with van der Waals surface area (Å²) in [6, 6.07) is 0. The summed E-state index contributed by atoms with van der Waals surface area (Å²) in [6.07, 6.45) is 2.74. The van der Waals surface area contributed by atoms with Crippen molar-refractivity contribution in [3.05, 3.63) is 16.1 Å². The van der Waals surface area contributed by atoms with Crippen LogP contribution in [-0.4, -0.2) is 22.0 Å². The number of aromatic nitrogens is 1. The van der Waals surface area contributed by atoms with Gasteiger partial charge < -0.3 is 10.4 Å². The first kappa shape index (κ1) is 14.0. The third kappa shape index (κ3) is 3.76. The molecular formula is C13H18N2O3S. The summed E-state index contributed by atoms with van der Waals surface area (Å²) in [4.78, 5) is 27.3. The first-order valence-electron chi connectivity index (χ1n) is 6.48. The van der Waals surface area contributed by atoms with E-state index in [1.165, 1.54) is 11.3 Å². The average molecular weight is 282 g/mol. The summed E-state index contributed by atoms with van der Waals surface area (Å²) in [5.41, 5.74) is 0.956. The van der Waals surface area contributed by atoms with E-state index in [2.05, 4.69) is 10.3 Å². The lowest BCUT2D eigenvalue weighted by Gasteiger charge is -2.25. The molecular weight excluding hydrogens is 264 g/mol. The molecule has 0 spiro atoms. The molecule has 5 nitrogen and oxygen atoms in total. The van der Waals surface area contributed by atoms with E-state index in [4.69, 9.17) is 5.11 Å². The maximum atomic E-state index is 12.0. The first-order valence-corrected chi connectivity index (χ1v) is 7.35. The molecule has 1 saturated carbocycles. The molecule has 0 unspecified atom stereocenters. The Morgan fingerprint density at radius 2 is 2.21 bits per heavy atom. The van der Waals surface area contributed by atoms with E-state index < -0.39 is 5.97 Å². The number of aryl methyl sites for hydroxylation is 1. The number of hydrogen-bond donors (Lipinski definition) is 2. The van der Waals surface area contributed by atoms with Crippen molar-refractivity contribution in [3.63, 3.8) is 0 Å². The van der Waals surface area contributed by atoms with Crippen LogP contribution in [0.4, 0.5) is 0 Å². The summed E-state index contributed by atoms with van der Waals surface area (Å²) in [5, 5.41) is 14.7. The molecule has 1 aliphatic carbocycles. The Morgan fingerprint density at radius 3 is 2.84 bits per heavy atom. The second-order valence-electron chi connectivity index (χ2n) is 5.00. The fourth-order valence-corrected chi connectivity index (χ4v) is 3.15. The minimum absolute atomic E-state index is 0.0428. The number of carbonyl (C=O) groups excluding carboxylic acids is 1. The zero-order valence-corrected chi connectivity index (χ0v) is 11.7. The molecule has 0 bridgehead atoms. The third-order valence-electron chi connectivity index (χ3n) is 3.47. The monoisotopic (exact) mass is 282 g/mol. The van der Waals surface area contributed by atoms with Crippen LogP contribution in [0.3, 0.4) is 0 Å². The summed E-state index contributed by atoms with van der Waals surface area (Å²) in [5.74, 6) is -1.37. The van der Waals surface area contributed by atoms with Crippen LogP contribution in [-0.2, 0) is 16.1 Å². The van der Waals surface area contributed by atoms with E-state index >= 15 is 0 Å². The van der Waals surface area contributed by atoms with Gasteiger partial charge in [0.15, 0.2) is 0 Å². The number of nitrogens with zero attached hydrogens (tertiary/aromatic N) is 1. The number of carboxylic acid groups (broad SMARTS) is 1. The van der Waals surface area contributed by atoms with Gasteiger partial charge in [-0.1, -0.05) is 6.42 Å². The first-order chi connectivity index (χ1) is 9.06. The molecule has 0 radical (unpaired) electrons. The Bertz CT molecular complexity index is 472. The van der Waals surface area contributed by atoms with Crippen molar-refractivity contribution in [2.75, 3.05) is 0 Å². The van der Waals surface area contributed by atoms with Crippen molar-refractivity contribution in [2.24, 2.45) is 11.8 Å². The van der Waals surface area contributed by atoms with Gasteiger partial charge in [-0.05, 0) is 26.2 Å². The number of carboxylic acids is 1. The smallest absolute Gasteiger partial charge is 0.306 e. The summed E-state index contributed by atoms with van der Waals surface area (Å²) < 4.78 is 0. The van der Waals surface area contributed by atoms with Crippen LogP contribution < -0.4 is 5.32 Å².